The highest BCUT2D eigenvalue weighted by Crippen LogP contribution is 2.23. The predicted molar refractivity (Wildman–Crippen MR) is 74.0 cm³/mol. The molecule has 1 aromatic carbocycles. The molecule has 1 amide bonds. The van der Waals surface area contributed by atoms with Crippen molar-refractivity contribution in [3.05, 3.63) is 47.4 Å². The number of carbonyl (C=O) groups is 1. The van der Waals surface area contributed by atoms with Crippen molar-refractivity contribution in [3.8, 4) is 0 Å². The lowest BCUT2D eigenvalue weighted by Gasteiger charge is -2.11. The normalized spacial score (nSPS) is 11.3. The number of aryl methyl sites for hydroxylation is 1. The second-order valence-electron chi connectivity index (χ2n) is 4.32. The van der Waals surface area contributed by atoms with Crippen molar-refractivity contribution in [2.24, 2.45) is 5.14 Å². The maximum Gasteiger partial charge on any atom is 0.259 e. The molecular formula is C13H14N2O4S. The molecule has 0 fully saturated rings. The maximum atomic E-state index is 12.1. The minimum atomic E-state index is -3.82. The lowest BCUT2D eigenvalue weighted by atomic mass is 10.2. The van der Waals surface area contributed by atoms with E-state index in [4.69, 9.17) is 9.56 Å². The zero-order valence-corrected chi connectivity index (χ0v) is 11.8. The van der Waals surface area contributed by atoms with Crippen LogP contribution in [0.1, 0.15) is 21.7 Å². The van der Waals surface area contributed by atoms with E-state index in [0.717, 1.165) is 0 Å². The standard InChI is InChI=1S/C13H14N2O4S/c1-8-11(4-3-5-12(8)20(14,17)18)15-13(16)10-6-7-19-9(10)2/h3-7H,1-2H3,(H,15,16)(H2,14,17,18). The molecule has 0 atom stereocenters. The Bertz CT molecular complexity index is 762. The van der Waals surface area contributed by atoms with Gasteiger partial charge in [-0.15, -0.1) is 0 Å². The van der Waals surface area contributed by atoms with Crippen molar-refractivity contribution < 1.29 is 17.6 Å². The molecule has 1 aromatic heterocycles. The lowest BCUT2D eigenvalue weighted by Crippen LogP contribution is -2.17. The van der Waals surface area contributed by atoms with Crippen molar-refractivity contribution in [3.63, 3.8) is 0 Å². The smallest absolute Gasteiger partial charge is 0.259 e. The highest BCUT2D eigenvalue weighted by Gasteiger charge is 2.17. The third-order valence-corrected chi connectivity index (χ3v) is 4.00. The van der Waals surface area contributed by atoms with Crippen LogP contribution in [0.2, 0.25) is 0 Å². The molecule has 2 rings (SSSR count). The number of furan rings is 1. The Morgan fingerprint density at radius 2 is 1.95 bits per heavy atom. The van der Waals surface area contributed by atoms with Gasteiger partial charge >= 0.3 is 0 Å². The molecule has 6 nitrogen and oxygen atoms in total. The van der Waals surface area contributed by atoms with E-state index < -0.39 is 10.0 Å². The van der Waals surface area contributed by atoms with E-state index in [2.05, 4.69) is 5.32 Å². The summed E-state index contributed by atoms with van der Waals surface area (Å²) in [4.78, 5) is 12.0. The highest BCUT2D eigenvalue weighted by atomic mass is 32.2. The molecule has 106 valence electrons. The van der Waals surface area contributed by atoms with E-state index in [1.54, 1.807) is 26.0 Å². The van der Waals surface area contributed by atoms with Gasteiger partial charge in [0.25, 0.3) is 5.91 Å². The lowest BCUT2D eigenvalue weighted by molar-refractivity contribution is 0.102. The first kappa shape index (κ1) is 14.3. The summed E-state index contributed by atoms with van der Waals surface area (Å²) >= 11 is 0. The summed E-state index contributed by atoms with van der Waals surface area (Å²) in [6.45, 7) is 3.25. The maximum absolute atomic E-state index is 12.1. The number of amides is 1. The third kappa shape index (κ3) is 2.73. The average Bonchev–Trinajstić information content (AvgIpc) is 2.76. The fourth-order valence-corrected chi connectivity index (χ4v) is 2.67. The average molecular weight is 294 g/mol. The van der Waals surface area contributed by atoms with Gasteiger partial charge in [-0.1, -0.05) is 6.07 Å². The van der Waals surface area contributed by atoms with Gasteiger partial charge in [-0.25, -0.2) is 13.6 Å². The van der Waals surface area contributed by atoms with E-state index in [1.165, 1.54) is 18.4 Å². The number of nitrogens with two attached hydrogens (primary N) is 1. The number of carbonyl (C=O) groups excluding carboxylic acids is 1. The SMILES string of the molecule is Cc1occc1C(=O)Nc1cccc(S(N)(=O)=O)c1C. The topological polar surface area (TPSA) is 102 Å². The first-order valence-corrected chi connectivity index (χ1v) is 7.33. The van der Waals surface area contributed by atoms with Crippen LogP contribution in [-0.4, -0.2) is 14.3 Å². The Kier molecular flexibility index (Phi) is 3.65. The Hall–Kier alpha value is -2.12. The fourth-order valence-electron chi connectivity index (χ4n) is 1.87. The van der Waals surface area contributed by atoms with E-state index >= 15 is 0 Å². The van der Waals surface area contributed by atoms with Crippen molar-refractivity contribution >= 4 is 21.6 Å². The highest BCUT2D eigenvalue weighted by molar-refractivity contribution is 7.89. The molecule has 0 saturated carbocycles. The van der Waals surface area contributed by atoms with E-state index in [0.29, 0.717) is 22.6 Å². The van der Waals surface area contributed by atoms with E-state index in [1.807, 2.05) is 0 Å². The molecule has 0 bridgehead atoms. The van der Waals surface area contributed by atoms with Crippen molar-refractivity contribution in [1.82, 2.24) is 0 Å². The first-order chi connectivity index (χ1) is 9.30. The van der Waals surface area contributed by atoms with Crippen molar-refractivity contribution in [1.29, 1.82) is 0 Å². The summed E-state index contributed by atoms with van der Waals surface area (Å²) in [5.74, 6) is 0.119. The van der Waals surface area contributed by atoms with Crippen molar-refractivity contribution in [2.45, 2.75) is 18.7 Å². The van der Waals surface area contributed by atoms with E-state index in [9.17, 15) is 13.2 Å². The van der Waals surface area contributed by atoms with Gasteiger partial charge in [-0.2, -0.15) is 0 Å². The molecule has 2 aromatic rings. The van der Waals surface area contributed by atoms with Crippen LogP contribution in [0.5, 0.6) is 0 Å². The second-order valence-corrected chi connectivity index (χ2v) is 5.85. The number of primary sulfonamides is 1. The fraction of sp³-hybridized carbons (Fsp3) is 0.154. The van der Waals surface area contributed by atoms with Gasteiger partial charge in [0.15, 0.2) is 0 Å². The van der Waals surface area contributed by atoms with Gasteiger partial charge in [0.1, 0.15) is 5.76 Å². The van der Waals surface area contributed by atoms with Crippen LogP contribution in [-0.2, 0) is 10.0 Å². The summed E-state index contributed by atoms with van der Waals surface area (Å²) in [7, 11) is -3.82. The monoisotopic (exact) mass is 294 g/mol. The van der Waals surface area contributed by atoms with Gasteiger partial charge in [0.2, 0.25) is 10.0 Å². The van der Waals surface area contributed by atoms with Crippen molar-refractivity contribution in [2.75, 3.05) is 5.32 Å². The summed E-state index contributed by atoms with van der Waals surface area (Å²) < 4.78 is 27.9. The Balaban J connectivity index is 2.36. The third-order valence-electron chi connectivity index (χ3n) is 2.94. The Morgan fingerprint density at radius 3 is 2.50 bits per heavy atom. The van der Waals surface area contributed by atoms with Crippen LogP contribution in [0, 0.1) is 13.8 Å². The molecule has 0 aliphatic carbocycles. The van der Waals surface area contributed by atoms with Gasteiger partial charge in [0, 0.05) is 5.69 Å². The number of hydrogen-bond acceptors (Lipinski definition) is 4. The molecule has 0 spiro atoms. The molecule has 0 aliphatic heterocycles. The van der Waals surface area contributed by atoms with Gasteiger partial charge in [0.05, 0.1) is 16.7 Å². The first-order valence-electron chi connectivity index (χ1n) is 5.78. The molecular weight excluding hydrogens is 280 g/mol. The van der Waals surface area contributed by atoms with Crippen LogP contribution in [0.25, 0.3) is 0 Å². The minimum absolute atomic E-state index is 0.0146. The number of benzene rings is 1. The zero-order valence-electron chi connectivity index (χ0n) is 11.0. The molecule has 3 N–H and O–H groups in total. The molecule has 1 heterocycles. The molecule has 20 heavy (non-hydrogen) atoms. The predicted octanol–water partition coefficient (Wildman–Crippen LogP) is 1.80. The van der Waals surface area contributed by atoms with Crippen LogP contribution < -0.4 is 10.5 Å². The number of nitrogens with one attached hydrogen (secondary N) is 1. The van der Waals surface area contributed by atoms with Gasteiger partial charge in [-0.05, 0) is 37.6 Å². The Labute approximate surface area is 116 Å². The number of sulfonamides is 1. The largest absolute Gasteiger partial charge is 0.469 e. The number of anilines is 1. The molecule has 0 aliphatic rings. The van der Waals surface area contributed by atoms with Gasteiger partial charge < -0.3 is 9.73 Å². The van der Waals surface area contributed by atoms with Crippen LogP contribution in [0.15, 0.2) is 39.8 Å². The zero-order chi connectivity index (χ0) is 14.9. The number of hydrogen-bond donors (Lipinski definition) is 2. The number of rotatable bonds is 3. The summed E-state index contributed by atoms with van der Waals surface area (Å²) in [5.41, 5.74) is 1.18. The second kappa shape index (κ2) is 5.10. The molecule has 0 unspecified atom stereocenters. The van der Waals surface area contributed by atoms with Crippen LogP contribution >= 0.6 is 0 Å². The van der Waals surface area contributed by atoms with Crippen LogP contribution in [0.3, 0.4) is 0 Å². The summed E-state index contributed by atoms with van der Waals surface area (Å²) in [6, 6.07) is 6.06. The summed E-state index contributed by atoms with van der Waals surface area (Å²) in [5, 5.41) is 7.77. The summed E-state index contributed by atoms with van der Waals surface area (Å²) in [6.07, 6.45) is 1.41. The van der Waals surface area contributed by atoms with Crippen LogP contribution in [0.4, 0.5) is 5.69 Å². The molecule has 7 heteroatoms. The van der Waals surface area contributed by atoms with Gasteiger partial charge in [-0.3, -0.25) is 4.79 Å². The quantitative estimate of drug-likeness (QED) is 0.900. The molecule has 0 radical (unpaired) electrons. The minimum Gasteiger partial charge on any atom is -0.469 e. The van der Waals surface area contributed by atoms with E-state index in [-0.39, 0.29) is 10.8 Å². The Morgan fingerprint density at radius 1 is 1.25 bits per heavy atom. The molecule has 0 saturated heterocycles.